The molecule has 82 valence electrons. The van der Waals surface area contributed by atoms with E-state index in [1.807, 2.05) is 44.2 Å². The molecule has 0 aliphatic rings. The fourth-order valence-electron chi connectivity index (χ4n) is 1.49. The maximum atomic E-state index is 9.39. The minimum absolute atomic E-state index is 0.327. The quantitative estimate of drug-likeness (QED) is 0.807. The number of rotatable bonds is 2. The molecule has 0 atom stereocenters. The van der Waals surface area contributed by atoms with Crippen LogP contribution in [-0.2, 0) is 0 Å². The molecule has 1 aromatic heterocycles. The van der Waals surface area contributed by atoms with Gasteiger partial charge in [-0.05, 0) is 49.2 Å². The lowest BCUT2D eigenvalue weighted by molar-refractivity contribution is 0.471. The maximum absolute atomic E-state index is 9.39. The summed E-state index contributed by atoms with van der Waals surface area (Å²) in [4.78, 5) is 0. The zero-order chi connectivity index (χ0) is 11.5. The Labute approximate surface area is 94.5 Å². The normalized spacial score (nSPS) is 11.1. The topological polar surface area (TPSA) is 48.9 Å². The average Bonchev–Trinajstić information content (AvgIpc) is 2.66. The second-order valence-electron chi connectivity index (χ2n) is 3.86. The van der Waals surface area contributed by atoms with Gasteiger partial charge >= 0.3 is 0 Å². The summed E-state index contributed by atoms with van der Waals surface area (Å²) in [5.74, 6) is 0.327. The minimum Gasteiger partial charge on any atom is -0.508 e. The van der Waals surface area contributed by atoms with E-state index >= 15 is 0 Å². The number of hydrogen-bond acceptors (Lipinski definition) is 2. The van der Waals surface area contributed by atoms with Gasteiger partial charge in [0.25, 0.3) is 0 Å². The number of phenols is 1. The number of hydrogen-bond donors (Lipinski definition) is 2. The van der Waals surface area contributed by atoms with Crippen molar-refractivity contribution >= 4 is 12.2 Å². The van der Waals surface area contributed by atoms with Gasteiger partial charge in [0.2, 0.25) is 0 Å². The summed E-state index contributed by atoms with van der Waals surface area (Å²) in [5, 5.41) is 16.4. The highest BCUT2D eigenvalue weighted by Gasteiger charge is 1.96. The van der Waals surface area contributed by atoms with Crippen LogP contribution < -0.4 is 0 Å². The summed E-state index contributed by atoms with van der Waals surface area (Å²) in [6, 6.07) is 7.48. The number of aromatic hydroxyl groups is 1. The zero-order valence-electron chi connectivity index (χ0n) is 9.36. The molecule has 3 heteroatoms. The number of aryl methyl sites for hydroxylation is 2. The van der Waals surface area contributed by atoms with E-state index in [1.165, 1.54) is 0 Å². The summed E-state index contributed by atoms with van der Waals surface area (Å²) in [5.41, 5.74) is 3.88. The third-order valence-corrected chi connectivity index (χ3v) is 2.39. The van der Waals surface area contributed by atoms with E-state index in [-0.39, 0.29) is 0 Å². The lowest BCUT2D eigenvalue weighted by atomic mass is 10.1. The molecule has 0 amide bonds. The highest BCUT2D eigenvalue weighted by molar-refractivity contribution is 5.68. The molecule has 0 aliphatic carbocycles. The summed E-state index contributed by atoms with van der Waals surface area (Å²) in [7, 11) is 0. The number of nitrogens with one attached hydrogen (secondary N) is 1. The van der Waals surface area contributed by atoms with Gasteiger partial charge in [-0.2, -0.15) is 5.10 Å². The summed E-state index contributed by atoms with van der Waals surface area (Å²) in [6.07, 6.45) is 3.91. The average molecular weight is 214 g/mol. The Morgan fingerprint density at radius 1 is 1.19 bits per heavy atom. The van der Waals surface area contributed by atoms with Gasteiger partial charge in [-0.1, -0.05) is 12.1 Å². The Morgan fingerprint density at radius 3 is 2.62 bits per heavy atom. The van der Waals surface area contributed by atoms with Gasteiger partial charge in [0.05, 0.1) is 5.69 Å². The van der Waals surface area contributed by atoms with E-state index in [4.69, 9.17) is 0 Å². The van der Waals surface area contributed by atoms with Crippen LogP contribution >= 0.6 is 0 Å². The molecular formula is C13H14N2O. The first kappa shape index (κ1) is 10.5. The second kappa shape index (κ2) is 4.23. The molecule has 2 aromatic rings. The van der Waals surface area contributed by atoms with E-state index in [0.29, 0.717) is 5.75 Å². The molecule has 0 saturated carbocycles. The molecular weight excluding hydrogens is 200 g/mol. The lowest BCUT2D eigenvalue weighted by Gasteiger charge is -1.98. The van der Waals surface area contributed by atoms with Crippen LogP contribution in [0.4, 0.5) is 0 Å². The van der Waals surface area contributed by atoms with Crippen molar-refractivity contribution in [1.29, 1.82) is 0 Å². The van der Waals surface area contributed by atoms with Crippen LogP contribution in [-0.4, -0.2) is 15.3 Å². The maximum Gasteiger partial charge on any atom is 0.118 e. The van der Waals surface area contributed by atoms with Crippen LogP contribution in [0.25, 0.3) is 12.2 Å². The van der Waals surface area contributed by atoms with Crippen LogP contribution in [0.5, 0.6) is 5.75 Å². The Kier molecular flexibility index (Phi) is 2.77. The summed E-state index contributed by atoms with van der Waals surface area (Å²) in [6.45, 7) is 3.85. The van der Waals surface area contributed by atoms with Gasteiger partial charge in [-0.25, -0.2) is 0 Å². The molecule has 0 radical (unpaired) electrons. The van der Waals surface area contributed by atoms with Gasteiger partial charge < -0.3 is 5.11 Å². The molecule has 2 rings (SSSR count). The molecule has 16 heavy (non-hydrogen) atoms. The number of H-pyrrole nitrogens is 1. The van der Waals surface area contributed by atoms with E-state index in [9.17, 15) is 5.11 Å². The molecule has 0 bridgehead atoms. The van der Waals surface area contributed by atoms with Gasteiger partial charge in [-0.3, -0.25) is 5.10 Å². The van der Waals surface area contributed by atoms with Gasteiger partial charge in [0, 0.05) is 5.69 Å². The molecule has 0 unspecified atom stereocenters. The fraction of sp³-hybridized carbons (Fsp3) is 0.154. The SMILES string of the molecule is Cc1cc(/C=C/c2ccc(O)c(C)c2)n[nH]1. The first-order valence-corrected chi connectivity index (χ1v) is 5.15. The molecule has 0 fully saturated rings. The van der Waals surface area contributed by atoms with Gasteiger partial charge in [0.15, 0.2) is 0 Å². The number of nitrogens with zero attached hydrogens (tertiary/aromatic N) is 1. The first-order chi connectivity index (χ1) is 7.65. The van der Waals surface area contributed by atoms with Crippen molar-refractivity contribution in [1.82, 2.24) is 10.2 Å². The number of benzene rings is 1. The molecule has 3 nitrogen and oxygen atoms in total. The first-order valence-electron chi connectivity index (χ1n) is 5.15. The van der Waals surface area contributed by atoms with Crippen molar-refractivity contribution in [3.63, 3.8) is 0 Å². The Morgan fingerprint density at radius 2 is 2.00 bits per heavy atom. The molecule has 2 N–H and O–H groups in total. The molecule has 1 heterocycles. The Bertz CT molecular complexity index is 526. The predicted octanol–water partition coefficient (Wildman–Crippen LogP) is 2.90. The highest BCUT2D eigenvalue weighted by atomic mass is 16.3. The Balaban J connectivity index is 2.20. The van der Waals surface area contributed by atoms with Crippen molar-refractivity contribution in [2.24, 2.45) is 0 Å². The molecule has 0 saturated heterocycles. The summed E-state index contributed by atoms with van der Waals surface area (Å²) < 4.78 is 0. The minimum atomic E-state index is 0.327. The lowest BCUT2D eigenvalue weighted by Crippen LogP contribution is -1.77. The van der Waals surface area contributed by atoms with E-state index in [2.05, 4.69) is 10.2 Å². The predicted molar refractivity (Wildman–Crippen MR) is 65.1 cm³/mol. The van der Waals surface area contributed by atoms with Crippen LogP contribution in [0, 0.1) is 13.8 Å². The van der Waals surface area contributed by atoms with E-state index < -0.39 is 0 Å². The van der Waals surface area contributed by atoms with E-state index in [0.717, 1.165) is 22.5 Å². The van der Waals surface area contributed by atoms with Crippen molar-refractivity contribution in [3.05, 3.63) is 46.8 Å². The molecule has 1 aromatic carbocycles. The van der Waals surface area contributed by atoms with Crippen molar-refractivity contribution in [2.75, 3.05) is 0 Å². The molecule has 0 aliphatic heterocycles. The molecule has 0 spiro atoms. The second-order valence-corrected chi connectivity index (χ2v) is 3.86. The van der Waals surface area contributed by atoms with Gasteiger partial charge in [-0.15, -0.1) is 0 Å². The van der Waals surface area contributed by atoms with Crippen molar-refractivity contribution in [2.45, 2.75) is 13.8 Å². The Hall–Kier alpha value is -2.03. The van der Waals surface area contributed by atoms with Crippen LogP contribution in [0.1, 0.15) is 22.5 Å². The monoisotopic (exact) mass is 214 g/mol. The fourth-order valence-corrected chi connectivity index (χ4v) is 1.49. The zero-order valence-corrected chi connectivity index (χ0v) is 9.36. The third kappa shape index (κ3) is 2.31. The smallest absolute Gasteiger partial charge is 0.118 e. The standard InChI is InChI=1S/C13H14N2O/c1-9-7-11(4-6-13(9)16)3-5-12-8-10(2)14-15-12/h3-8,16H,1-2H3,(H,14,15)/b5-3+. The number of phenolic OH excluding ortho intramolecular Hbond substituents is 1. The number of aromatic nitrogens is 2. The van der Waals surface area contributed by atoms with E-state index in [1.54, 1.807) is 6.07 Å². The van der Waals surface area contributed by atoms with Gasteiger partial charge in [0.1, 0.15) is 5.75 Å². The highest BCUT2D eigenvalue weighted by Crippen LogP contribution is 2.18. The number of aromatic amines is 1. The van der Waals surface area contributed by atoms with Crippen LogP contribution in [0.2, 0.25) is 0 Å². The summed E-state index contributed by atoms with van der Waals surface area (Å²) >= 11 is 0. The largest absolute Gasteiger partial charge is 0.508 e. The third-order valence-electron chi connectivity index (χ3n) is 2.39. The van der Waals surface area contributed by atoms with Crippen molar-refractivity contribution < 1.29 is 5.11 Å². The van der Waals surface area contributed by atoms with Crippen LogP contribution in [0.3, 0.4) is 0 Å². The van der Waals surface area contributed by atoms with Crippen molar-refractivity contribution in [3.8, 4) is 5.75 Å². The van der Waals surface area contributed by atoms with Crippen LogP contribution in [0.15, 0.2) is 24.3 Å².